The van der Waals surface area contributed by atoms with Gasteiger partial charge in [-0.3, -0.25) is 14.3 Å². The third-order valence-electron chi connectivity index (χ3n) is 6.49. The van der Waals surface area contributed by atoms with Crippen molar-refractivity contribution in [1.82, 2.24) is 29.5 Å². The van der Waals surface area contributed by atoms with Crippen LogP contribution in [0.15, 0.2) is 24.4 Å². The number of nitrogen functional groups attached to an aromatic ring is 1. The molecule has 196 valence electrons. The first-order chi connectivity index (χ1) is 17.5. The molecule has 2 N–H and O–H groups in total. The summed E-state index contributed by atoms with van der Waals surface area (Å²) in [7, 11) is 0. The minimum absolute atomic E-state index is 0.0257. The van der Waals surface area contributed by atoms with Crippen LogP contribution in [0.1, 0.15) is 27.7 Å². The van der Waals surface area contributed by atoms with Crippen molar-refractivity contribution in [3.8, 4) is 0 Å². The van der Waals surface area contributed by atoms with Gasteiger partial charge in [-0.1, -0.05) is 0 Å². The maximum atomic E-state index is 14.1. The van der Waals surface area contributed by atoms with Crippen molar-refractivity contribution < 1.29 is 31.9 Å². The van der Waals surface area contributed by atoms with E-state index in [1.165, 1.54) is 15.6 Å². The lowest BCUT2D eigenvalue weighted by molar-refractivity contribution is -0.236. The lowest BCUT2D eigenvalue weighted by Gasteiger charge is -2.38. The molecule has 0 spiro atoms. The molecule has 2 aliphatic heterocycles. The number of halogens is 4. The zero-order valence-corrected chi connectivity index (χ0v) is 19.7. The highest BCUT2D eigenvalue weighted by Gasteiger charge is 2.44. The first kappa shape index (κ1) is 24.9. The van der Waals surface area contributed by atoms with Gasteiger partial charge in [0, 0.05) is 31.2 Å². The van der Waals surface area contributed by atoms with Crippen molar-refractivity contribution in [2.75, 3.05) is 38.5 Å². The standard InChI is InChI=1S/C23H23F4N7O3/c1-12-2-3-16-21(30-12)20(13-8-33(9-13)22(36)14-6-18(28)29-7-15(14)24)31-34(16)11-19(35)32-4-5-37-17(10-32)23(25,26)27/h2-3,6-7,13,17H,4-5,8-11H2,1H3,(H2,28,29)/t17-/m1/s1. The summed E-state index contributed by atoms with van der Waals surface area (Å²) in [6.45, 7) is 1.26. The van der Waals surface area contributed by atoms with Crippen LogP contribution in [0.3, 0.4) is 0 Å². The van der Waals surface area contributed by atoms with E-state index in [1.54, 1.807) is 19.1 Å². The third-order valence-corrected chi connectivity index (χ3v) is 6.49. The second kappa shape index (κ2) is 9.25. The van der Waals surface area contributed by atoms with Gasteiger partial charge in [0.2, 0.25) is 5.91 Å². The first-order valence-corrected chi connectivity index (χ1v) is 11.5. The van der Waals surface area contributed by atoms with Gasteiger partial charge in [-0.25, -0.2) is 14.4 Å². The number of nitrogens with zero attached hydrogens (tertiary/aromatic N) is 6. The smallest absolute Gasteiger partial charge is 0.384 e. The number of anilines is 1. The Kier molecular flexibility index (Phi) is 6.22. The third kappa shape index (κ3) is 4.80. The number of hydrogen-bond donors (Lipinski definition) is 1. The van der Waals surface area contributed by atoms with Gasteiger partial charge in [0.05, 0.1) is 36.1 Å². The van der Waals surface area contributed by atoms with Gasteiger partial charge in [0.15, 0.2) is 11.9 Å². The summed E-state index contributed by atoms with van der Waals surface area (Å²) in [5.41, 5.74) is 7.76. The van der Waals surface area contributed by atoms with Crippen LogP contribution < -0.4 is 5.73 Å². The van der Waals surface area contributed by atoms with Crippen molar-refractivity contribution in [3.05, 3.63) is 47.2 Å². The van der Waals surface area contributed by atoms with E-state index >= 15 is 0 Å². The van der Waals surface area contributed by atoms with E-state index in [-0.39, 0.29) is 50.1 Å². The second-order valence-electron chi connectivity index (χ2n) is 9.10. The summed E-state index contributed by atoms with van der Waals surface area (Å²) in [5, 5.41) is 4.56. The molecule has 10 nitrogen and oxygen atoms in total. The number of pyridine rings is 2. The van der Waals surface area contributed by atoms with E-state index in [2.05, 4.69) is 15.1 Å². The second-order valence-corrected chi connectivity index (χ2v) is 9.10. The highest BCUT2D eigenvalue weighted by atomic mass is 19.4. The number of carbonyl (C=O) groups is 2. The minimum Gasteiger partial charge on any atom is -0.384 e. The fourth-order valence-corrected chi connectivity index (χ4v) is 4.48. The number of aromatic nitrogens is 4. The van der Waals surface area contributed by atoms with Crippen molar-refractivity contribution >= 4 is 28.7 Å². The zero-order valence-electron chi connectivity index (χ0n) is 19.7. The molecule has 37 heavy (non-hydrogen) atoms. The van der Waals surface area contributed by atoms with Crippen LogP contribution >= 0.6 is 0 Å². The molecule has 0 aromatic carbocycles. The first-order valence-electron chi connectivity index (χ1n) is 11.5. The molecule has 14 heteroatoms. The molecule has 3 aromatic heterocycles. The van der Waals surface area contributed by atoms with Crippen LogP contribution in [0.5, 0.6) is 0 Å². The van der Waals surface area contributed by atoms with Crippen LogP contribution in [0.25, 0.3) is 11.0 Å². The Morgan fingerprint density at radius 2 is 1.95 bits per heavy atom. The van der Waals surface area contributed by atoms with Crippen molar-refractivity contribution in [3.63, 3.8) is 0 Å². The fraction of sp³-hybridized carbons (Fsp3) is 0.435. The quantitative estimate of drug-likeness (QED) is 0.521. The number of carbonyl (C=O) groups excluding carboxylic acids is 2. The van der Waals surface area contributed by atoms with Crippen LogP contribution in [0.2, 0.25) is 0 Å². The number of rotatable bonds is 4. The zero-order chi connectivity index (χ0) is 26.5. The molecule has 0 bridgehead atoms. The summed E-state index contributed by atoms with van der Waals surface area (Å²) in [6, 6.07) is 4.67. The van der Waals surface area contributed by atoms with Gasteiger partial charge in [-0.15, -0.1) is 0 Å². The molecule has 2 aliphatic rings. The van der Waals surface area contributed by atoms with E-state index in [0.717, 1.165) is 11.1 Å². The summed E-state index contributed by atoms with van der Waals surface area (Å²) in [4.78, 5) is 36.4. The highest BCUT2D eigenvalue weighted by molar-refractivity contribution is 5.96. The van der Waals surface area contributed by atoms with Crippen LogP contribution in [-0.2, 0) is 16.1 Å². The molecule has 5 heterocycles. The van der Waals surface area contributed by atoms with Gasteiger partial charge in [-0.05, 0) is 25.1 Å². The molecular weight excluding hydrogens is 498 g/mol. The summed E-state index contributed by atoms with van der Waals surface area (Å²) >= 11 is 0. The normalized spacial score (nSPS) is 18.8. The Morgan fingerprint density at radius 3 is 2.68 bits per heavy atom. The molecule has 0 aliphatic carbocycles. The number of ether oxygens (including phenoxy) is 1. The van der Waals surface area contributed by atoms with Gasteiger partial charge in [0.1, 0.15) is 17.9 Å². The number of amides is 2. The van der Waals surface area contributed by atoms with E-state index in [0.29, 0.717) is 22.4 Å². The highest BCUT2D eigenvalue weighted by Crippen LogP contribution is 2.33. The van der Waals surface area contributed by atoms with Crippen LogP contribution in [-0.4, -0.2) is 86.4 Å². The number of likely N-dealkylation sites (tertiary alicyclic amines) is 1. The number of aryl methyl sites for hydroxylation is 1. The summed E-state index contributed by atoms with van der Waals surface area (Å²) in [5.74, 6) is -2.03. The predicted octanol–water partition coefficient (Wildman–Crippen LogP) is 1.89. The Hall–Kier alpha value is -3.81. The van der Waals surface area contributed by atoms with Crippen molar-refractivity contribution in [1.29, 1.82) is 0 Å². The number of morpholine rings is 1. The lowest BCUT2D eigenvalue weighted by Crippen LogP contribution is -2.51. The Morgan fingerprint density at radius 1 is 1.19 bits per heavy atom. The molecule has 2 amide bonds. The molecule has 0 saturated carbocycles. The number of hydrogen-bond acceptors (Lipinski definition) is 7. The predicted molar refractivity (Wildman–Crippen MR) is 122 cm³/mol. The maximum Gasteiger partial charge on any atom is 0.416 e. The number of fused-ring (bicyclic) bond motifs is 1. The largest absolute Gasteiger partial charge is 0.416 e. The Bertz CT molecular complexity index is 1370. The Balaban J connectivity index is 1.34. The van der Waals surface area contributed by atoms with E-state index in [9.17, 15) is 27.2 Å². The summed E-state index contributed by atoms with van der Waals surface area (Å²) in [6.07, 6.45) is -5.70. The molecule has 3 aromatic rings. The summed E-state index contributed by atoms with van der Waals surface area (Å²) < 4.78 is 59.5. The number of alkyl halides is 3. The number of nitrogens with two attached hydrogens (primary N) is 1. The average molecular weight is 521 g/mol. The van der Waals surface area contributed by atoms with Crippen LogP contribution in [0, 0.1) is 12.7 Å². The molecule has 0 radical (unpaired) electrons. The molecular formula is C23H23F4N7O3. The topological polar surface area (TPSA) is 119 Å². The Labute approximate surface area is 208 Å². The van der Waals surface area contributed by atoms with Crippen molar-refractivity contribution in [2.24, 2.45) is 0 Å². The van der Waals surface area contributed by atoms with Gasteiger partial charge < -0.3 is 20.3 Å². The fourth-order valence-electron chi connectivity index (χ4n) is 4.48. The van der Waals surface area contributed by atoms with Crippen molar-refractivity contribution in [2.45, 2.75) is 31.7 Å². The average Bonchev–Trinajstić information content (AvgIpc) is 3.16. The van der Waals surface area contributed by atoms with E-state index in [1.807, 2.05) is 0 Å². The van der Waals surface area contributed by atoms with Gasteiger partial charge in [0.25, 0.3) is 5.91 Å². The van der Waals surface area contributed by atoms with Crippen LogP contribution in [0.4, 0.5) is 23.4 Å². The molecule has 2 saturated heterocycles. The van der Waals surface area contributed by atoms with E-state index < -0.39 is 36.5 Å². The van der Waals surface area contributed by atoms with Gasteiger partial charge in [-0.2, -0.15) is 18.3 Å². The monoisotopic (exact) mass is 521 g/mol. The molecule has 5 rings (SSSR count). The SMILES string of the molecule is Cc1ccc2c(n1)c(C1CN(C(=O)c3cc(N)ncc3F)C1)nn2CC(=O)N1CCO[C@@H](C(F)(F)F)C1. The lowest BCUT2D eigenvalue weighted by atomic mass is 9.94. The maximum absolute atomic E-state index is 14.1. The molecule has 0 unspecified atom stereocenters. The molecule has 2 fully saturated rings. The molecule has 1 atom stereocenters. The van der Waals surface area contributed by atoms with E-state index in [4.69, 9.17) is 10.5 Å². The van der Waals surface area contributed by atoms with Gasteiger partial charge >= 0.3 is 6.18 Å². The minimum atomic E-state index is -4.57.